The molecule has 0 radical (unpaired) electrons. The minimum Gasteiger partial charge on any atom is -0.487 e. The van der Waals surface area contributed by atoms with Crippen molar-refractivity contribution in [2.45, 2.75) is 39.9 Å². The molecule has 4 aromatic rings. The van der Waals surface area contributed by atoms with E-state index in [2.05, 4.69) is 10.1 Å². The van der Waals surface area contributed by atoms with Crippen molar-refractivity contribution in [3.05, 3.63) is 76.3 Å². The molecule has 0 saturated carbocycles. The quantitative estimate of drug-likeness (QED) is 0.241. The summed E-state index contributed by atoms with van der Waals surface area (Å²) < 4.78 is 33.0. The monoisotopic (exact) mass is 582 g/mol. The number of likely N-dealkylation sites (N-methyl/N-ethyl adjacent to an activating group) is 1. The number of fused-ring (bicyclic) bond motifs is 1. The Kier molecular flexibility index (Phi) is 8.94. The summed E-state index contributed by atoms with van der Waals surface area (Å²) in [6.45, 7) is 7.78. The van der Waals surface area contributed by atoms with Gasteiger partial charge in [0.2, 0.25) is 0 Å². The maximum absolute atomic E-state index is 15.2. The van der Waals surface area contributed by atoms with Crippen molar-refractivity contribution in [2.24, 2.45) is 0 Å². The van der Waals surface area contributed by atoms with E-state index in [1.54, 1.807) is 72.3 Å². The average Bonchev–Trinajstić information content (AvgIpc) is 3.30. The summed E-state index contributed by atoms with van der Waals surface area (Å²) in [5, 5.41) is 5.43. The van der Waals surface area contributed by atoms with Gasteiger partial charge in [-0.05, 0) is 75.7 Å². The van der Waals surface area contributed by atoms with Gasteiger partial charge in [-0.3, -0.25) is 4.79 Å². The van der Waals surface area contributed by atoms with Crippen LogP contribution in [-0.4, -0.2) is 64.6 Å². The predicted octanol–water partition coefficient (Wildman–Crippen LogP) is 6.28. The summed E-state index contributed by atoms with van der Waals surface area (Å²) in [5.74, 6) is -0.502. The molecule has 0 aliphatic heterocycles. The zero-order valence-electron chi connectivity index (χ0n) is 23.8. The van der Waals surface area contributed by atoms with Crippen LogP contribution >= 0.6 is 11.6 Å². The molecule has 9 nitrogen and oxygen atoms in total. The van der Waals surface area contributed by atoms with Crippen molar-refractivity contribution in [1.82, 2.24) is 19.7 Å². The zero-order valence-corrected chi connectivity index (χ0v) is 24.6. The highest BCUT2D eigenvalue weighted by Gasteiger charge is 2.24. The highest BCUT2D eigenvalue weighted by Crippen LogP contribution is 2.37. The number of nitrogens with zero attached hydrogens (tertiary/aromatic N) is 4. The summed E-state index contributed by atoms with van der Waals surface area (Å²) in [4.78, 5) is 31.6. The number of benzene rings is 2. The van der Waals surface area contributed by atoms with Crippen molar-refractivity contribution in [2.75, 3.05) is 27.3 Å². The van der Waals surface area contributed by atoms with Gasteiger partial charge in [0.25, 0.3) is 5.91 Å². The summed E-state index contributed by atoms with van der Waals surface area (Å²) in [5.41, 5.74) is 1.55. The number of ether oxygens (including phenoxy) is 3. The van der Waals surface area contributed by atoms with E-state index in [0.717, 1.165) is 4.68 Å². The average molecular weight is 583 g/mol. The number of amides is 1. The summed E-state index contributed by atoms with van der Waals surface area (Å²) >= 11 is 6.44. The molecular formula is C30H32ClFN4O5. The van der Waals surface area contributed by atoms with Crippen molar-refractivity contribution < 1.29 is 28.2 Å². The highest BCUT2D eigenvalue weighted by atomic mass is 35.5. The van der Waals surface area contributed by atoms with Gasteiger partial charge in [-0.1, -0.05) is 11.6 Å². The maximum Gasteiger partial charge on any atom is 0.437 e. The molecule has 1 amide bonds. The first-order valence-corrected chi connectivity index (χ1v) is 13.3. The summed E-state index contributed by atoms with van der Waals surface area (Å²) in [6, 6.07) is 11.0. The van der Waals surface area contributed by atoms with Gasteiger partial charge in [0.1, 0.15) is 29.5 Å². The van der Waals surface area contributed by atoms with Gasteiger partial charge >= 0.3 is 6.09 Å². The lowest BCUT2D eigenvalue weighted by molar-refractivity contribution is 0.0520. The molecular weight excluding hydrogens is 551 g/mol. The number of rotatable bonds is 8. The molecule has 4 rings (SSSR count). The molecule has 0 fully saturated rings. The molecule has 0 aliphatic carbocycles. The van der Waals surface area contributed by atoms with Gasteiger partial charge in [0.15, 0.2) is 5.65 Å². The lowest BCUT2D eigenvalue weighted by atomic mass is 9.99. The number of pyridine rings is 1. The number of hydrogen-bond acceptors (Lipinski definition) is 7. The van der Waals surface area contributed by atoms with Gasteiger partial charge in [-0.2, -0.15) is 5.10 Å². The van der Waals surface area contributed by atoms with Gasteiger partial charge in [0, 0.05) is 54.0 Å². The number of aromatic nitrogens is 3. The van der Waals surface area contributed by atoms with E-state index in [1.807, 2.05) is 0 Å². The fourth-order valence-corrected chi connectivity index (χ4v) is 4.26. The molecule has 41 heavy (non-hydrogen) atoms. The second-order valence-electron chi connectivity index (χ2n) is 10.5. The Morgan fingerprint density at radius 3 is 2.59 bits per heavy atom. The molecule has 0 atom stereocenters. The number of aryl methyl sites for hydroxylation is 1. The number of carbonyl (C=O) groups is 2. The molecule has 2 heterocycles. The standard InChI is InChI=1S/C30H32ClFN4O5/c1-18-14-26(40-17-25-20-8-7-11-33-27(20)36(34-25)29(38)41-30(2,3)4)22(16-23(18)31)21-15-19(9-10-24(21)32)28(37)35(5)12-13-39-6/h7-11,14-16H,12-13,17H2,1-6H3. The Labute approximate surface area is 242 Å². The van der Waals surface area contributed by atoms with E-state index in [1.165, 1.54) is 23.1 Å². The van der Waals surface area contributed by atoms with Crippen molar-refractivity contribution in [3.8, 4) is 16.9 Å². The Balaban J connectivity index is 1.70. The Hall–Kier alpha value is -4.02. The van der Waals surface area contributed by atoms with Gasteiger partial charge in [0.05, 0.1) is 6.61 Å². The van der Waals surface area contributed by atoms with Crippen LogP contribution in [0, 0.1) is 12.7 Å². The number of methoxy groups -OCH3 is 1. The molecule has 2 aromatic heterocycles. The van der Waals surface area contributed by atoms with Crippen LogP contribution in [0.25, 0.3) is 22.2 Å². The molecule has 2 aromatic carbocycles. The first-order chi connectivity index (χ1) is 19.4. The van der Waals surface area contributed by atoms with E-state index in [0.29, 0.717) is 57.3 Å². The molecule has 0 aliphatic rings. The van der Waals surface area contributed by atoms with Crippen LogP contribution in [0.3, 0.4) is 0 Å². The normalized spacial score (nSPS) is 11.5. The number of carbonyl (C=O) groups excluding carboxylic acids is 2. The van der Waals surface area contributed by atoms with E-state index in [-0.39, 0.29) is 18.1 Å². The molecule has 0 N–H and O–H groups in total. The van der Waals surface area contributed by atoms with E-state index >= 15 is 4.39 Å². The zero-order chi connectivity index (χ0) is 29.9. The third-order valence-corrected chi connectivity index (χ3v) is 6.60. The third kappa shape index (κ3) is 6.83. The first kappa shape index (κ1) is 30.0. The first-order valence-electron chi connectivity index (χ1n) is 12.9. The van der Waals surface area contributed by atoms with Gasteiger partial charge < -0.3 is 19.1 Å². The van der Waals surface area contributed by atoms with Crippen LogP contribution in [0.4, 0.5) is 9.18 Å². The minimum atomic E-state index is -0.727. The topological polar surface area (TPSA) is 95.8 Å². The molecule has 0 bridgehead atoms. The predicted molar refractivity (Wildman–Crippen MR) is 154 cm³/mol. The smallest absolute Gasteiger partial charge is 0.437 e. The largest absolute Gasteiger partial charge is 0.487 e. The summed E-state index contributed by atoms with van der Waals surface area (Å²) in [6.07, 6.45) is 0.884. The lowest BCUT2D eigenvalue weighted by Crippen LogP contribution is -2.29. The molecule has 0 spiro atoms. The van der Waals surface area contributed by atoms with Crippen LogP contribution < -0.4 is 4.74 Å². The lowest BCUT2D eigenvalue weighted by Gasteiger charge is -2.19. The second-order valence-corrected chi connectivity index (χ2v) is 10.9. The van der Waals surface area contributed by atoms with Crippen molar-refractivity contribution >= 4 is 34.6 Å². The van der Waals surface area contributed by atoms with Crippen LogP contribution in [-0.2, 0) is 16.1 Å². The van der Waals surface area contributed by atoms with Crippen LogP contribution in [0.15, 0.2) is 48.7 Å². The molecule has 0 saturated heterocycles. The van der Waals surface area contributed by atoms with E-state index in [9.17, 15) is 9.59 Å². The van der Waals surface area contributed by atoms with E-state index in [4.69, 9.17) is 25.8 Å². The molecule has 216 valence electrons. The summed E-state index contributed by atoms with van der Waals surface area (Å²) in [7, 11) is 3.20. The fourth-order valence-electron chi connectivity index (χ4n) is 4.10. The third-order valence-electron chi connectivity index (χ3n) is 6.19. The second kappa shape index (κ2) is 12.2. The van der Waals surface area contributed by atoms with Crippen LogP contribution in [0.2, 0.25) is 5.02 Å². The van der Waals surface area contributed by atoms with Crippen LogP contribution in [0.1, 0.15) is 42.4 Å². The van der Waals surface area contributed by atoms with Gasteiger partial charge in [-0.15, -0.1) is 4.68 Å². The van der Waals surface area contributed by atoms with Crippen molar-refractivity contribution in [3.63, 3.8) is 0 Å². The maximum atomic E-state index is 15.2. The molecule has 11 heteroatoms. The SMILES string of the molecule is COCCN(C)C(=O)c1ccc(F)c(-c2cc(Cl)c(C)cc2OCc2nn(C(=O)OC(C)(C)C)c3ncccc23)c1. The number of halogens is 2. The Bertz CT molecular complexity index is 1600. The van der Waals surface area contributed by atoms with Crippen molar-refractivity contribution in [1.29, 1.82) is 0 Å². The Morgan fingerprint density at radius 1 is 1.12 bits per heavy atom. The fraction of sp³-hybridized carbons (Fsp3) is 0.333. The van der Waals surface area contributed by atoms with Crippen LogP contribution in [0.5, 0.6) is 5.75 Å². The van der Waals surface area contributed by atoms with Gasteiger partial charge in [-0.25, -0.2) is 14.2 Å². The molecule has 0 unspecified atom stereocenters. The minimum absolute atomic E-state index is 0.0634. The van der Waals surface area contributed by atoms with E-state index < -0.39 is 17.5 Å². The highest BCUT2D eigenvalue weighted by molar-refractivity contribution is 6.31. The Morgan fingerprint density at radius 2 is 1.88 bits per heavy atom. The number of hydrogen-bond donors (Lipinski definition) is 0.